The fraction of sp³-hybridized carbons (Fsp3) is 0.900. The molecule has 1 nitrogen and oxygen atoms in total. The van der Waals surface area contributed by atoms with Crippen molar-refractivity contribution in [1.29, 1.82) is 5.26 Å². The summed E-state index contributed by atoms with van der Waals surface area (Å²) in [7, 11) is 0. The molecule has 0 heterocycles. The summed E-state index contributed by atoms with van der Waals surface area (Å²) in [6.07, 6.45) is 2.77. The minimum atomic E-state index is 0.471. The van der Waals surface area contributed by atoms with Crippen LogP contribution in [-0.2, 0) is 0 Å². The van der Waals surface area contributed by atoms with Crippen LogP contribution in [-0.4, -0.2) is 0 Å². The zero-order chi connectivity index (χ0) is 7.16. The van der Waals surface area contributed by atoms with E-state index in [1.165, 1.54) is 12.8 Å². The quantitative estimate of drug-likeness (QED) is 0.508. The van der Waals surface area contributed by atoms with Gasteiger partial charge in [-0.15, -0.1) is 0 Å². The first-order chi connectivity index (χ1) is 5.42. The van der Waals surface area contributed by atoms with Crippen molar-refractivity contribution in [3.8, 4) is 6.07 Å². The second kappa shape index (κ2) is 1.24. The fourth-order valence-electron chi connectivity index (χ4n) is 4.88. The second-order valence-corrected chi connectivity index (χ2v) is 4.93. The van der Waals surface area contributed by atoms with Gasteiger partial charge in [0.1, 0.15) is 0 Å². The van der Waals surface area contributed by atoms with E-state index in [1.807, 2.05) is 0 Å². The Bertz CT molecular complexity index is 277. The fourth-order valence-corrected chi connectivity index (χ4v) is 4.88. The predicted octanol–water partition coefficient (Wildman–Crippen LogP) is 1.66. The van der Waals surface area contributed by atoms with E-state index in [0.29, 0.717) is 5.92 Å². The van der Waals surface area contributed by atoms with E-state index in [1.54, 1.807) is 0 Å². The SMILES string of the molecule is N#C[C@H]1C[C@@H]2[C@H]3C[C@H]4[C@H]2[C@H]4[C@H]31. The van der Waals surface area contributed by atoms with E-state index >= 15 is 0 Å². The van der Waals surface area contributed by atoms with Crippen molar-refractivity contribution in [1.82, 2.24) is 0 Å². The molecule has 0 aromatic heterocycles. The van der Waals surface area contributed by atoms with Crippen molar-refractivity contribution in [2.24, 2.45) is 41.4 Å². The van der Waals surface area contributed by atoms with Crippen LogP contribution >= 0.6 is 0 Å². The average Bonchev–Trinajstić information content (AvgIpc) is 2.41. The Hall–Kier alpha value is -0.510. The summed E-state index contributed by atoms with van der Waals surface area (Å²) in [5, 5.41) is 8.91. The smallest absolute Gasteiger partial charge is 0.0659 e. The maximum absolute atomic E-state index is 8.91. The van der Waals surface area contributed by atoms with Gasteiger partial charge >= 0.3 is 0 Å². The molecule has 5 aliphatic carbocycles. The van der Waals surface area contributed by atoms with Crippen molar-refractivity contribution in [3.05, 3.63) is 0 Å². The van der Waals surface area contributed by atoms with Crippen molar-refractivity contribution >= 4 is 0 Å². The van der Waals surface area contributed by atoms with Gasteiger partial charge in [-0.3, -0.25) is 0 Å². The van der Waals surface area contributed by atoms with Crippen LogP contribution in [0, 0.1) is 52.8 Å². The highest BCUT2D eigenvalue weighted by atomic mass is 14.8. The third-order valence-electron chi connectivity index (χ3n) is 4.98. The van der Waals surface area contributed by atoms with Gasteiger partial charge in [-0.1, -0.05) is 0 Å². The standard InChI is InChI=1S/C10H11N/c11-3-4-1-5-6-2-7-9(5)10(7)8(4)6/h4-10H,1-2H2/t4-,5-,6-,7+,8+,9+,10-/m1/s1. The highest BCUT2D eigenvalue weighted by molar-refractivity contribution is 5.27. The molecule has 0 radical (unpaired) electrons. The average molecular weight is 145 g/mol. The summed E-state index contributed by atoms with van der Waals surface area (Å²) in [5.74, 6) is 6.64. The van der Waals surface area contributed by atoms with Crippen molar-refractivity contribution in [2.75, 3.05) is 0 Å². The summed E-state index contributed by atoms with van der Waals surface area (Å²) < 4.78 is 0. The zero-order valence-electron chi connectivity index (χ0n) is 6.40. The van der Waals surface area contributed by atoms with E-state index in [0.717, 1.165) is 35.5 Å². The number of nitrogens with zero attached hydrogens (tertiary/aromatic N) is 1. The largest absolute Gasteiger partial charge is 0.198 e. The Labute approximate surface area is 66.4 Å². The lowest BCUT2D eigenvalue weighted by molar-refractivity contribution is 0.375. The van der Waals surface area contributed by atoms with Gasteiger partial charge in [-0.25, -0.2) is 0 Å². The van der Waals surface area contributed by atoms with E-state index < -0.39 is 0 Å². The summed E-state index contributed by atoms with van der Waals surface area (Å²) >= 11 is 0. The topological polar surface area (TPSA) is 23.8 Å². The molecule has 0 unspecified atom stereocenters. The number of nitriles is 1. The minimum absolute atomic E-state index is 0.471. The zero-order valence-corrected chi connectivity index (χ0v) is 6.40. The Morgan fingerprint density at radius 1 is 0.909 bits per heavy atom. The summed E-state index contributed by atoms with van der Waals surface area (Å²) in [6, 6.07) is 2.51. The summed E-state index contributed by atoms with van der Waals surface area (Å²) in [4.78, 5) is 0. The molecule has 56 valence electrons. The van der Waals surface area contributed by atoms with Crippen LogP contribution in [0.3, 0.4) is 0 Å². The number of rotatable bonds is 0. The van der Waals surface area contributed by atoms with Crippen LogP contribution in [0.5, 0.6) is 0 Å². The molecule has 0 N–H and O–H groups in total. The van der Waals surface area contributed by atoms with Gasteiger partial charge in [0.2, 0.25) is 0 Å². The maximum Gasteiger partial charge on any atom is 0.0659 e. The highest BCUT2D eigenvalue weighted by Crippen LogP contribution is 2.81. The highest BCUT2D eigenvalue weighted by Gasteiger charge is 2.77. The lowest BCUT2D eigenvalue weighted by Crippen LogP contribution is -2.11. The molecule has 7 atom stereocenters. The molecule has 0 spiro atoms. The lowest BCUT2D eigenvalue weighted by Gasteiger charge is -2.12. The first kappa shape index (κ1) is 5.19. The molecule has 5 fully saturated rings. The molecule has 0 aromatic rings. The van der Waals surface area contributed by atoms with Gasteiger partial charge in [-0.05, 0) is 48.3 Å². The van der Waals surface area contributed by atoms with Crippen LogP contribution in [0.1, 0.15) is 12.8 Å². The van der Waals surface area contributed by atoms with Gasteiger partial charge in [-0.2, -0.15) is 5.26 Å². The van der Waals surface area contributed by atoms with E-state index in [-0.39, 0.29) is 0 Å². The Morgan fingerprint density at radius 3 is 2.27 bits per heavy atom. The lowest BCUT2D eigenvalue weighted by atomic mass is 9.90. The Kier molecular flexibility index (Phi) is 0.585. The van der Waals surface area contributed by atoms with Crippen molar-refractivity contribution in [2.45, 2.75) is 12.8 Å². The molecule has 5 saturated carbocycles. The molecule has 0 saturated heterocycles. The van der Waals surface area contributed by atoms with Crippen LogP contribution in [0.4, 0.5) is 0 Å². The normalized spacial score (nSPS) is 73.5. The van der Waals surface area contributed by atoms with Crippen LogP contribution in [0.2, 0.25) is 0 Å². The van der Waals surface area contributed by atoms with Crippen LogP contribution in [0.15, 0.2) is 0 Å². The van der Waals surface area contributed by atoms with Crippen LogP contribution < -0.4 is 0 Å². The second-order valence-electron chi connectivity index (χ2n) is 4.93. The Balaban J connectivity index is 1.86. The number of hydrogen-bond acceptors (Lipinski definition) is 1. The van der Waals surface area contributed by atoms with Gasteiger partial charge in [0.25, 0.3) is 0 Å². The van der Waals surface area contributed by atoms with Crippen molar-refractivity contribution < 1.29 is 0 Å². The third-order valence-corrected chi connectivity index (χ3v) is 4.98. The molecule has 5 aliphatic rings. The van der Waals surface area contributed by atoms with Gasteiger partial charge < -0.3 is 0 Å². The van der Waals surface area contributed by atoms with Crippen LogP contribution in [0.25, 0.3) is 0 Å². The third kappa shape index (κ3) is 0.341. The van der Waals surface area contributed by atoms with E-state index in [2.05, 4.69) is 6.07 Å². The number of hydrogen-bond donors (Lipinski definition) is 0. The monoisotopic (exact) mass is 145 g/mol. The van der Waals surface area contributed by atoms with Crippen molar-refractivity contribution in [3.63, 3.8) is 0 Å². The minimum Gasteiger partial charge on any atom is -0.198 e. The molecule has 0 aliphatic heterocycles. The molecule has 0 amide bonds. The van der Waals surface area contributed by atoms with E-state index in [9.17, 15) is 0 Å². The Morgan fingerprint density at radius 2 is 1.73 bits per heavy atom. The predicted molar refractivity (Wildman–Crippen MR) is 39.3 cm³/mol. The van der Waals surface area contributed by atoms with Gasteiger partial charge in [0, 0.05) is 5.92 Å². The molecule has 5 rings (SSSR count). The molecule has 1 heteroatoms. The molecule has 6 bridgehead atoms. The van der Waals surface area contributed by atoms with E-state index in [4.69, 9.17) is 5.26 Å². The maximum atomic E-state index is 8.91. The van der Waals surface area contributed by atoms with Gasteiger partial charge in [0.15, 0.2) is 0 Å². The molecular formula is C10H11N. The molecule has 11 heavy (non-hydrogen) atoms. The van der Waals surface area contributed by atoms with Gasteiger partial charge in [0.05, 0.1) is 6.07 Å². The summed E-state index contributed by atoms with van der Waals surface area (Å²) in [5.41, 5.74) is 0. The molecular weight excluding hydrogens is 134 g/mol. The molecule has 0 aromatic carbocycles. The first-order valence-electron chi connectivity index (χ1n) is 4.81. The first-order valence-corrected chi connectivity index (χ1v) is 4.81. The summed E-state index contributed by atoms with van der Waals surface area (Å²) in [6.45, 7) is 0.